The van der Waals surface area contributed by atoms with Gasteiger partial charge in [-0.25, -0.2) is 0 Å². The number of aryl methyl sites for hydroxylation is 1. The number of hydrogen-bond donors (Lipinski definition) is 0. The molecule has 0 aliphatic heterocycles. The standard InChI is InChI=1S/C18H19N3O/c1-18(2)11-14-16(15(22)12-18)17(13-7-4-3-5-8-13)20-21(14)10-6-9-19/h3-5,7-8H,6,10-12H2,1-2H3. The Morgan fingerprint density at radius 1 is 1.27 bits per heavy atom. The van der Waals surface area contributed by atoms with Crippen molar-refractivity contribution in [2.75, 3.05) is 0 Å². The predicted molar refractivity (Wildman–Crippen MR) is 84.3 cm³/mol. The summed E-state index contributed by atoms with van der Waals surface area (Å²) in [5.74, 6) is 0.160. The lowest BCUT2D eigenvalue weighted by Crippen LogP contribution is -2.28. The van der Waals surface area contributed by atoms with Gasteiger partial charge in [-0.1, -0.05) is 44.2 Å². The van der Waals surface area contributed by atoms with Crippen molar-refractivity contribution in [2.45, 2.75) is 39.7 Å². The van der Waals surface area contributed by atoms with Gasteiger partial charge in [-0.2, -0.15) is 10.4 Å². The third-order valence-corrected chi connectivity index (χ3v) is 4.10. The van der Waals surface area contributed by atoms with Crippen LogP contribution in [0.2, 0.25) is 0 Å². The molecule has 4 nitrogen and oxygen atoms in total. The second kappa shape index (κ2) is 5.42. The van der Waals surface area contributed by atoms with E-state index in [2.05, 4.69) is 25.0 Å². The third-order valence-electron chi connectivity index (χ3n) is 4.10. The molecular formula is C18H19N3O. The van der Waals surface area contributed by atoms with Crippen LogP contribution in [-0.2, 0) is 13.0 Å². The van der Waals surface area contributed by atoms with Gasteiger partial charge in [0.2, 0.25) is 0 Å². The lowest BCUT2D eigenvalue weighted by molar-refractivity contribution is 0.0910. The highest BCUT2D eigenvalue weighted by Gasteiger charge is 2.36. The van der Waals surface area contributed by atoms with Gasteiger partial charge in [-0.3, -0.25) is 9.48 Å². The van der Waals surface area contributed by atoms with Gasteiger partial charge < -0.3 is 0 Å². The first-order chi connectivity index (χ1) is 10.5. The maximum Gasteiger partial charge on any atom is 0.167 e. The molecule has 112 valence electrons. The van der Waals surface area contributed by atoms with Crippen molar-refractivity contribution in [3.05, 3.63) is 41.6 Å². The minimum atomic E-state index is -0.0531. The molecule has 0 saturated heterocycles. The van der Waals surface area contributed by atoms with Crippen molar-refractivity contribution in [2.24, 2.45) is 5.41 Å². The van der Waals surface area contributed by atoms with E-state index in [1.165, 1.54) is 0 Å². The molecule has 0 amide bonds. The highest BCUT2D eigenvalue weighted by atomic mass is 16.1. The number of nitrogens with zero attached hydrogens (tertiary/aromatic N) is 3. The van der Waals surface area contributed by atoms with Crippen molar-refractivity contribution in [3.8, 4) is 17.3 Å². The number of rotatable bonds is 3. The van der Waals surface area contributed by atoms with Crippen LogP contribution in [0, 0.1) is 16.7 Å². The smallest absolute Gasteiger partial charge is 0.167 e. The Kier molecular flexibility index (Phi) is 3.58. The van der Waals surface area contributed by atoms with Crippen LogP contribution in [0.25, 0.3) is 11.3 Å². The second-order valence-electron chi connectivity index (χ2n) is 6.61. The number of carbonyl (C=O) groups is 1. The lowest BCUT2D eigenvalue weighted by atomic mass is 9.75. The minimum Gasteiger partial charge on any atom is -0.294 e. The third kappa shape index (κ3) is 2.55. The number of carbonyl (C=O) groups excluding carboxylic acids is 1. The molecule has 0 spiro atoms. The molecule has 0 N–H and O–H groups in total. The highest BCUT2D eigenvalue weighted by molar-refractivity contribution is 6.04. The Labute approximate surface area is 130 Å². The number of ketones is 1. The molecule has 1 aromatic heterocycles. The minimum absolute atomic E-state index is 0.0531. The summed E-state index contributed by atoms with van der Waals surface area (Å²) < 4.78 is 1.86. The van der Waals surface area contributed by atoms with E-state index in [4.69, 9.17) is 5.26 Å². The largest absolute Gasteiger partial charge is 0.294 e. The van der Waals surface area contributed by atoms with Gasteiger partial charge in [-0.05, 0) is 11.8 Å². The van der Waals surface area contributed by atoms with Crippen LogP contribution in [0.1, 0.15) is 42.7 Å². The molecule has 0 atom stereocenters. The molecule has 0 bridgehead atoms. The van der Waals surface area contributed by atoms with Crippen LogP contribution < -0.4 is 0 Å². The molecule has 0 radical (unpaired) electrons. The number of hydrogen-bond acceptors (Lipinski definition) is 3. The number of nitriles is 1. The average Bonchev–Trinajstić information content (AvgIpc) is 2.83. The summed E-state index contributed by atoms with van der Waals surface area (Å²) in [6.45, 7) is 4.75. The molecule has 0 unspecified atom stereocenters. The molecule has 1 heterocycles. The first-order valence-corrected chi connectivity index (χ1v) is 7.57. The van der Waals surface area contributed by atoms with Gasteiger partial charge in [0.15, 0.2) is 5.78 Å². The molecule has 0 fully saturated rings. The van der Waals surface area contributed by atoms with E-state index in [1.807, 2.05) is 35.0 Å². The summed E-state index contributed by atoms with van der Waals surface area (Å²) in [4.78, 5) is 12.7. The molecule has 4 heteroatoms. The lowest BCUT2D eigenvalue weighted by Gasteiger charge is -2.29. The fourth-order valence-electron chi connectivity index (χ4n) is 3.15. The summed E-state index contributed by atoms with van der Waals surface area (Å²) >= 11 is 0. The summed E-state index contributed by atoms with van der Waals surface area (Å²) in [6, 6.07) is 12.0. The summed E-state index contributed by atoms with van der Waals surface area (Å²) in [6.07, 6.45) is 1.76. The van der Waals surface area contributed by atoms with Crippen molar-refractivity contribution >= 4 is 5.78 Å². The Morgan fingerprint density at radius 2 is 2.00 bits per heavy atom. The Hall–Kier alpha value is -2.41. The SMILES string of the molecule is CC1(C)CC(=O)c2c(-c3ccccc3)nn(CCC#N)c2C1. The van der Waals surface area contributed by atoms with Gasteiger partial charge in [-0.15, -0.1) is 0 Å². The van der Waals surface area contributed by atoms with Crippen LogP contribution in [0.15, 0.2) is 30.3 Å². The molecule has 1 aliphatic rings. The van der Waals surface area contributed by atoms with Gasteiger partial charge in [0.25, 0.3) is 0 Å². The van der Waals surface area contributed by atoms with Crippen molar-refractivity contribution in [3.63, 3.8) is 0 Å². The summed E-state index contributed by atoms with van der Waals surface area (Å²) in [5.41, 5.74) is 3.40. The van der Waals surface area contributed by atoms with Crippen LogP contribution in [-0.4, -0.2) is 15.6 Å². The number of benzene rings is 1. The quantitative estimate of drug-likeness (QED) is 0.868. The Bertz CT molecular complexity index is 751. The monoisotopic (exact) mass is 293 g/mol. The van der Waals surface area contributed by atoms with E-state index < -0.39 is 0 Å². The van der Waals surface area contributed by atoms with Crippen LogP contribution in [0.3, 0.4) is 0 Å². The van der Waals surface area contributed by atoms with E-state index in [9.17, 15) is 4.79 Å². The van der Waals surface area contributed by atoms with E-state index in [1.54, 1.807) is 0 Å². The maximum absolute atomic E-state index is 12.7. The molecule has 1 aromatic carbocycles. The Morgan fingerprint density at radius 3 is 2.68 bits per heavy atom. The normalized spacial score (nSPS) is 16.1. The van der Waals surface area contributed by atoms with Crippen molar-refractivity contribution in [1.29, 1.82) is 5.26 Å². The fraction of sp³-hybridized carbons (Fsp3) is 0.389. The molecular weight excluding hydrogens is 274 g/mol. The molecule has 3 rings (SSSR count). The maximum atomic E-state index is 12.7. The summed E-state index contributed by atoms with van der Waals surface area (Å²) in [7, 11) is 0. The van der Waals surface area contributed by atoms with E-state index in [0.29, 0.717) is 19.4 Å². The average molecular weight is 293 g/mol. The van der Waals surface area contributed by atoms with E-state index in [0.717, 1.165) is 28.9 Å². The highest BCUT2D eigenvalue weighted by Crippen LogP contribution is 2.38. The van der Waals surface area contributed by atoms with Gasteiger partial charge in [0, 0.05) is 12.0 Å². The second-order valence-corrected chi connectivity index (χ2v) is 6.61. The summed E-state index contributed by atoms with van der Waals surface area (Å²) in [5, 5.41) is 13.5. The predicted octanol–water partition coefficient (Wildman–Crippen LogP) is 3.62. The first-order valence-electron chi connectivity index (χ1n) is 7.57. The van der Waals surface area contributed by atoms with Crippen molar-refractivity contribution < 1.29 is 4.79 Å². The zero-order chi connectivity index (χ0) is 15.7. The first kappa shape index (κ1) is 14.5. The molecule has 0 saturated carbocycles. The molecule has 2 aromatic rings. The van der Waals surface area contributed by atoms with Crippen LogP contribution in [0.5, 0.6) is 0 Å². The Balaban J connectivity index is 2.15. The fourth-order valence-corrected chi connectivity index (χ4v) is 3.15. The zero-order valence-electron chi connectivity index (χ0n) is 13.0. The van der Waals surface area contributed by atoms with Crippen molar-refractivity contribution in [1.82, 2.24) is 9.78 Å². The molecule has 1 aliphatic carbocycles. The van der Waals surface area contributed by atoms with E-state index in [-0.39, 0.29) is 11.2 Å². The topological polar surface area (TPSA) is 58.7 Å². The number of Topliss-reactive ketones (excluding diaryl/α,β-unsaturated/α-hetero) is 1. The van der Waals surface area contributed by atoms with Crippen LogP contribution >= 0.6 is 0 Å². The number of fused-ring (bicyclic) bond motifs is 1. The van der Waals surface area contributed by atoms with Gasteiger partial charge in [0.1, 0.15) is 5.69 Å². The number of aromatic nitrogens is 2. The molecule has 22 heavy (non-hydrogen) atoms. The van der Waals surface area contributed by atoms with Crippen LogP contribution in [0.4, 0.5) is 0 Å². The zero-order valence-corrected chi connectivity index (χ0v) is 13.0. The van der Waals surface area contributed by atoms with Gasteiger partial charge >= 0.3 is 0 Å². The van der Waals surface area contributed by atoms with Gasteiger partial charge in [0.05, 0.1) is 30.3 Å². The van der Waals surface area contributed by atoms with E-state index >= 15 is 0 Å².